The first-order valence-electron chi connectivity index (χ1n) is 45.5. The highest BCUT2D eigenvalue weighted by Crippen LogP contribution is 2.34. The number of rotatable bonds is 74. The number of aliphatic hydroxyl groups excluding tert-OH is 11. The molecule has 644 valence electrons. The van der Waals surface area contributed by atoms with Gasteiger partial charge in [-0.05, 0) is 57.8 Å². The van der Waals surface area contributed by atoms with Crippen molar-refractivity contribution in [2.75, 3.05) is 26.4 Å². The van der Waals surface area contributed by atoms with Crippen LogP contribution in [0.5, 0.6) is 0 Å². The lowest BCUT2D eigenvalue weighted by Crippen LogP contribution is -2.66. The second kappa shape index (κ2) is 70.7. The van der Waals surface area contributed by atoms with Crippen LogP contribution in [0.25, 0.3) is 0 Å². The summed E-state index contributed by atoms with van der Waals surface area (Å²) >= 11 is 0. The maximum Gasteiger partial charge on any atom is 0.220 e. The number of hydrogen-bond acceptors (Lipinski definition) is 18. The molecule has 3 aliphatic rings. The third kappa shape index (κ3) is 48.9. The second-order valence-electron chi connectivity index (χ2n) is 32.4. The van der Waals surface area contributed by atoms with Crippen molar-refractivity contribution in [3.05, 3.63) is 60.8 Å². The molecule has 0 spiro atoms. The predicted octanol–water partition coefficient (Wildman–Crippen LogP) is 17.4. The average Bonchev–Trinajstić information content (AvgIpc) is 0.780. The average molecular weight is 1560 g/mol. The molecule has 0 bridgehead atoms. The van der Waals surface area contributed by atoms with Crippen LogP contribution in [0.15, 0.2) is 60.8 Å². The first-order valence-corrected chi connectivity index (χ1v) is 45.5. The van der Waals surface area contributed by atoms with Crippen LogP contribution in [0.4, 0.5) is 0 Å². The van der Waals surface area contributed by atoms with Crippen LogP contribution >= 0.6 is 0 Å². The number of nitrogens with one attached hydrogen (secondary N) is 1. The molecular weight excluding hydrogens is 1390 g/mol. The van der Waals surface area contributed by atoms with Gasteiger partial charge in [-0.2, -0.15) is 0 Å². The van der Waals surface area contributed by atoms with Crippen molar-refractivity contribution in [1.82, 2.24) is 5.32 Å². The molecule has 3 rings (SSSR count). The monoisotopic (exact) mass is 1560 g/mol. The normalized spacial score (nSPS) is 25.4. The molecule has 17 unspecified atom stereocenters. The van der Waals surface area contributed by atoms with Gasteiger partial charge in [-0.3, -0.25) is 4.79 Å². The molecule has 1 amide bonds. The Balaban J connectivity index is 1.32. The van der Waals surface area contributed by atoms with Crippen LogP contribution in [-0.2, 0) is 33.2 Å². The first kappa shape index (κ1) is 102. The van der Waals surface area contributed by atoms with Gasteiger partial charge in [0, 0.05) is 6.42 Å². The minimum absolute atomic E-state index is 0.237. The minimum atomic E-state index is -1.97. The van der Waals surface area contributed by atoms with Crippen LogP contribution in [0, 0.1) is 0 Å². The van der Waals surface area contributed by atoms with Gasteiger partial charge in [-0.1, -0.05) is 376 Å². The highest BCUT2D eigenvalue weighted by Gasteiger charge is 2.54. The number of ether oxygens (including phenoxy) is 6. The number of aliphatic hydroxyl groups is 11. The zero-order valence-electron chi connectivity index (χ0n) is 69.5. The van der Waals surface area contributed by atoms with Crippen LogP contribution in [0.1, 0.15) is 380 Å². The largest absolute Gasteiger partial charge is 0.394 e. The Morgan fingerprint density at radius 2 is 0.627 bits per heavy atom. The van der Waals surface area contributed by atoms with Crippen molar-refractivity contribution < 1.29 is 89.4 Å². The number of unbranched alkanes of at least 4 members (excludes halogenated alkanes) is 48. The fourth-order valence-corrected chi connectivity index (χ4v) is 15.4. The SMILES string of the molecule is CC/C=C\C/C=C\C/C=C\C/C=C\C/C=C\CCCCCCCCCCCCCCCCCCCC(=O)NC(COC1OC(CO)C(OC2OC(CO)C(OC3OC(CO)C(O)C(O)C3O)C(O)C2O)C(O)C1O)C(O)CCCCCCCCCCCCCCCCCCCCCCCCCCCCCCCCCC. The van der Waals surface area contributed by atoms with E-state index in [9.17, 15) is 61.0 Å². The summed E-state index contributed by atoms with van der Waals surface area (Å²) in [5.74, 6) is -0.237. The summed E-state index contributed by atoms with van der Waals surface area (Å²) in [4.78, 5) is 13.6. The van der Waals surface area contributed by atoms with E-state index in [1.807, 2.05) is 0 Å². The Morgan fingerprint density at radius 1 is 0.336 bits per heavy atom. The number of carbonyl (C=O) groups is 1. The van der Waals surface area contributed by atoms with E-state index in [0.717, 1.165) is 77.0 Å². The number of amides is 1. The number of allylic oxidation sites excluding steroid dienone is 10. The third-order valence-corrected chi connectivity index (χ3v) is 22.6. The van der Waals surface area contributed by atoms with Gasteiger partial charge in [0.05, 0.1) is 38.6 Å². The summed E-state index contributed by atoms with van der Waals surface area (Å²) in [5.41, 5.74) is 0. The molecule has 0 radical (unpaired) electrons. The molecule has 0 aromatic carbocycles. The van der Waals surface area contributed by atoms with Crippen molar-refractivity contribution >= 4 is 5.91 Å². The van der Waals surface area contributed by atoms with Crippen molar-refractivity contribution in [2.24, 2.45) is 0 Å². The molecule has 0 aliphatic carbocycles. The van der Waals surface area contributed by atoms with E-state index in [1.54, 1.807) is 0 Å². The second-order valence-corrected chi connectivity index (χ2v) is 32.4. The van der Waals surface area contributed by atoms with Gasteiger partial charge in [0.1, 0.15) is 73.2 Å². The molecule has 17 atom stereocenters. The molecule has 3 aliphatic heterocycles. The number of hydrogen-bond donors (Lipinski definition) is 12. The number of carbonyl (C=O) groups excluding carboxylic acids is 1. The van der Waals surface area contributed by atoms with Gasteiger partial charge in [-0.15, -0.1) is 0 Å². The molecule has 12 N–H and O–H groups in total. The molecule has 0 saturated carbocycles. The van der Waals surface area contributed by atoms with Crippen LogP contribution in [0.2, 0.25) is 0 Å². The van der Waals surface area contributed by atoms with Crippen LogP contribution in [0.3, 0.4) is 0 Å². The zero-order chi connectivity index (χ0) is 79.5. The molecule has 3 fully saturated rings. The van der Waals surface area contributed by atoms with Gasteiger partial charge in [0.25, 0.3) is 0 Å². The summed E-state index contributed by atoms with van der Waals surface area (Å²) in [7, 11) is 0. The van der Waals surface area contributed by atoms with E-state index >= 15 is 0 Å². The zero-order valence-corrected chi connectivity index (χ0v) is 69.5. The highest BCUT2D eigenvalue weighted by atomic mass is 16.8. The van der Waals surface area contributed by atoms with Gasteiger partial charge in [0.15, 0.2) is 18.9 Å². The summed E-state index contributed by atoms with van der Waals surface area (Å²) < 4.78 is 34.6. The molecule has 3 saturated heterocycles. The lowest BCUT2D eigenvalue weighted by atomic mass is 9.96. The first-order chi connectivity index (χ1) is 53.8. The lowest BCUT2D eigenvalue weighted by Gasteiger charge is -2.48. The molecule has 0 aromatic rings. The summed E-state index contributed by atoms with van der Waals surface area (Å²) in [5, 5.41) is 121. The predicted molar refractivity (Wildman–Crippen MR) is 443 cm³/mol. The molecule has 19 heteroatoms. The van der Waals surface area contributed by atoms with E-state index in [1.165, 1.54) is 270 Å². The third-order valence-electron chi connectivity index (χ3n) is 22.6. The molecular formula is C91H167NO18. The lowest BCUT2D eigenvalue weighted by molar-refractivity contribution is -0.379. The molecule has 110 heavy (non-hydrogen) atoms. The fraction of sp³-hybridized carbons (Fsp3) is 0.879. The van der Waals surface area contributed by atoms with Crippen molar-refractivity contribution in [3.63, 3.8) is 0 Å². The van der Waals surface area contributed by atoms with Gasteiger partial charge in [-0.25, -0.2) is 0 Å². The Morgan fingerprint density at radius 3 is 0.982 bits per heavy atom. The Labute approximate surface area is 668 Å². The molecule has 3 heterocycles. The van der Waals surface area contributed by atoms with E-state index in [0.29, 0.717) is 12.8 Å². The Kier molecular flexibility index (Phi) is 65.3. The van der Waals surface area contributed by atoms with Crippen LogP contribution in [-0.4, -0.2) is 193 Å². The van der Waals surface area contributed by atoms with Gasteiger partial charge >= 0.3 is 0 Å². The quantitative estimate of drug-likeness (QED) is 0.0199. The summed E-state index contributed by atoms with van der Waals surface area (Å²) in [6.07, 6.45) is 66.1. The smallest absolute Gasteiger partial charge is 0.220 e. The minimum Gasteiger partial charge on any atom is -0.394 e. The van der Waals surface area contributed by atoms with E-state index in [2.05, 4.69) is 79.9 Å². The maximum atomic E-state index is 13.6. The van der Waals surface area contributed by atoms with E-state index in [4.69, 9.17) is 28.4 Å². The summed E-state index contributed by atoms with van der Waals surface area (Å²) in [6, 6.07) is -0.891. The maximum absolute atomic E-state index is 13.6. The Bertz CT molecular complexity index is 2220. The van der Waals surface area contributed by atoms with Gasteiger partial charge in [0.2, 0.25) is 5.91 Å². The topological polar surface area (TPSA) is 307 Å². The fourth-order valence-electron chi connectivity index (χ4n) is 15.4. The van der Waals surface area contributed by atoms with Crippen molar-refractivity contribution in [2.45, 2.75) is 484 Å². The van der Waals surface area contributed by atoms with Crippen LogP contribution < -0.4 is 5.32 Å². The Hall–Kier alpha value is -2.51. The van der Waals surface area contributed by atoms with Crippen molar-refractivity contribution in [1.29, 1.82) is 0 Å². The molecule has 0 aromatic heterocycles. The van der Waals surface area contributed by atoms with Crippen molar-refractivity contribution in [3.8, 4) is 0 Å². The van der Waals surface area contributed by atoms with Gasteiger partial charge < -0.3 is 89.9 Å². The molecule has 19 nitrogen and oxygen atoms in total. The van der Waals surface area contributed by atoms with E-state index in [-0.39, 0.29) is 18.9 Å². The summed E-state index contributed by atoms with van der Waals surface area (Å²) in [6.45, 7) is 1.75. The van der Waals surface area contributed by atoms with E-state index < -0.39 is 124 Å². The standard InChI is InChI=1S/C91H167NO18/c1-3-5-7-9-11-13-15-17-19-21-23-25-27-29-31-33-35-37-39-41-43-45-47-49-51-53-55-57-59-61-63-65-67-69-79(97)92-74(75(96)68-66-64-62-60-58-56-54-52-50-48-46-44-42-40-38-36-34-32-30-28-26-24-22-20-18-16-14-12-10-8-6-4-2)73-105-89-85(103)82(100)87(77(71-94)107-89)110-91-86(104)83(101)88(78(72-95)108-91)109-90-84(102)81(99)80(98)76(70-93)106-90/h5,7,11,13,17,19,23,25,29,31,74-78,80-91,93-96,98-104H,3-4,6,8-10,12,14-16,18,20-22,24,26-28,30,32-73H2,1-2H3,(H,92,97)/b7-5-,13-11-,19-17-,25-23-,31-29-. The highest BCUT2D eigenvalue weighted by molar-refractivity contribution is 5.76.